The summed E-state index contributed by atoms with van der Waals surface area (Å²) in [5, 5.41) is 13.9. The summed E-state index contributed by atoms with van der Waals surface area (Å²) in [7, 11) is 1.18. The fourth-order valence-electron chi connectivity index (χ4n) is 0.633. The second-order valence-electron chi connectivity index (χ2n) is 1.86. The number of hydrogen-bond donors (Lipinski definition) is 0. The van der Waals surface area contributed by atoms with Gasteiger partial charge in [0.05, 0.1) is 7.11 Å². The van der Waals surface area contributed by atoms with Crippen molar-refractivity contribution in [1.82, 2.24) is 5.16 Å². The molecule has 11 heavy (non-hydrogen) atoms. The number of aromatic nitrogens is 2. The molecule has 0 spiro atoms. The molecule has 0 radical (unpaired) electrons. The van der Waals surface area contributed by atoms with E-state index in [9.17, 15) is 10.0 Å². The molecular weight excluding hydrogens is 152 g/mol. The van der Waals surface area contributed by atoms with E-state index < -0.39 is 5.97 Å². The molecule has 60 valence electrons. The summed E-state index contributed by atoms with van der Waals surface area (Å²) in [5.41, 5.74) is -0.000602. The number of carbonyl (C=O) groups excluding carboxylic acids is 1. The number of esters is 1. The summed E-state index contributed by atoms with van der Waals surface area (Å²) >= 11 is 0. The molecule has 0 saturated heterocycles. The van der Waals surface area contributed by atoms with Crippen LogP contribution in [-0.2, 0) is 4.74 Å². The zero-order chi connectivity index (χ0) is 8.43. The Labute approximate surface area is 61.9 Å². The van der Waals surface area contributed by atoms with E-state index in [1.54, 1.807) is 0 Å². The third kappa shape index (κ3) is 1.14. The van der Waals surface area contributed by atoms with Crippen molar-refractivity contribution in [3.05, 3.63) is 16.6 Å². The van der Waals surface area contributed by atoms with E-state index in [2.05, 4.69) is 14.5 Å². The molecule has 0 N–H and O–H groups in total. The lowest BCUT2D eigenvalue weighted by Gasteiger charge is -1.92. The molecule has 6 nitrogen and oxygen atoms in total. The molecule has 1 heterocycles. The van der Waals surface area contributed by atoms with Crippen LogP contribution in [0.25, 0.3) is 0 Å². The molecule has 0 fully saturated rings. The molecule has 6 heteroatoms. The highest BCUT2D eigenvalue weighted by Crippen LogP contribution is 1.98. The Kier molecular flexibility index (Phi) is 1.75. The van der Waals surface area contributed by atoms with E-state index in [0.29, 0.717) is 0 Å². The molecule has 1 aromatic rings. The Hall–Kier alpha value is -1.59. The van der Waals surface area contributed by atoms with Gasteiger partial charge in [-0.05, 0) is 4.90 Å². The van der Waals surface area contributed by atoms with E-state index in [1.807, 2.05) is 0 Å². The number of rotatable bonds is 1. The van der Waals surface area contributed by atoms with Crippen LogP contribution >= 0.6 is 0 Å². The molecule has 1 rings (SSSR count). The van der Waals surface area contributed by atoms with E-state index in [1.165, 1.54) is 14.0 Å². The lowest BCUT2D eigenvalue weighted by Crippen LogP contribution is -2.32. The third-order valence-electron chi connectivity index (χ3n) is 1.16. The minimum Gasteiger partial charge on any atom is -0.463 e. The van der Waals surface area contributed by atoms with E-state index in [-0.39, 0.29) is 16.3 Å². The first-order chi connectivity index (χ1) is 5.16. The van der Waals surface area contributed by atoms with Crippen molar-refractivity contribution < 1.29 is 19.1 Å². The minimum absolute atomic E-state index is 0.0150. The minimum atomic E-state index is -0.751. The standard InChI is InChI=1S/C5H6N2O4/c1-3-4(5(8)10-2)7(9)11-6-3/h1-2H3. The maximum atomic E-state index is 10.8. The zero-order valence-electron chi connectivity index (χ0n) is 6.03. The van der Waals surface area contributed by atoms with Crippen LogP contribution in [0, 0.1) is 12.1 Å². The summed E-state index contributed by atoms with van der Waals surface area (Å²) in [5.74, 6) is -0.751. The number of ether oxygens (including phenoxy) is 1. The number of nitrogens with zero attached hydrogens (tertiary/aromatic N) is 2. The zero-order valence-corrected chi connectivity index (χ0v) is 6.03. The van der Waals surface area contributed by atoms with Gasteiger partial charge in [0.1, 0.15) is 0 Å². The van der Waals surface area contributed by atoms with Crippen LogP contribution in [0.4, 0.5) is 0 Å². The lowest BCUT2D eigenvalue weighted by atomic mass is 10.3. The molecule has 0 atom stereocenters. The first kappa shape index (κ1) is 7.52. The molecular formula is C5H6N2O4. The van der Waals surface area contributed by atoms with Gasteiger partial charge in [-0.2, -0.15) is 0 Å². The van der Waals surface area contributed by atoms with Crippen molar-refractivity contribution >= 4 is 5.97 Å². The molecule has 0 aliphatic heterocycles. The highest BCUT2D eigenvalue weighted by atomic mass is 16.8. The largest absolute Gasteiger partial charge is 0.463 e. The molecule has 1 aromatic heterocycles. The summed E-state index contributed by atoms with van der Waals surface area (Å²) < 4.78 is 8.43. The molecule has 0 bridgehead atoms. The Morgan fingerprint density at radius 2 is 2.45 bits per heavy atom. The van der Waals surface area contributed by atoms with Gasteiger partial charge in [0.25, 0.3) is 0 Å². The summed E-state index contributed by atoms with van der Waals surface area (Å²) in [6.07, 6.45) is 0. The molecule has 0 aromatic carbocycles. The third-order valence-corrected chi connectivity index (χ3v) is 1.16. The monoisotopic (exact) mass is 158 g/mol. The summed E-state index contributed by atoms with van der Waals surface area (Å²) in [6.45, 7) is 1.48. The molecule has 0 saturated carbocycles. The second-order valence-corrected chi connectivity index (χ2v) is 1.86. The van der Waals surface area contributed by atoms with Crippen molar-refractivity contribution in [1.29, 1.82) is 0 Å². The number of hydrogen-bond acceptors (Lipinski definition) is 5. The van der Waals surface area contributed by atoms with Gasteiger partial charge >= 0.3 is 11.7 Å². The van der Waals surface area contributed by atoms with E-state index in [0.717, 1.165) is 0 Å². The van der Waals surface area contributed by atoms with Crippen molar-refractivity contribution in [3.8, 4) is 0 Å². The quantitative estimate of drug-likeness (QED) is 0.403. The normalized spacial score (nSPS) is 9.64. The Morgan fingerprint density at radius 3 is 2.82 bits per heavy atom. The van der Waals surface area contributed by atoms with Crippen LogP contribution in [0.2, 0.25) is 0 Å². The first-order valence-corrected chi connectivity index (χ1v) is 2.81. The lowest BCUT2D eigenvalue weighted by molar-refractivity contribution is -0.804. The fourth-order valence-corrected chi connectivity index (χ4v) is 0.633. The van der Waals surface area contributed by atoms with Gasteiger partial charge < -0.3 is 9.94 Å². The van der Waals surface area contributed by atoms with E-state index in [4.69, 9.17) is 0 Å². The fraction of sp³-hybridized carbons (Fsp3) is 0.400. The second kappa shape index (κ2) is 2.57. The number of methoxy groups -OCH3 is 1. The Morgan fingerprint density at radius 1 is 1.82 bits per heavy atom. The molecule has 0 unspecified atom stereocenters. The number of aryl methyl sites for hydroxylation is 1. The van der Waals surface area contributed by atoms with Crippen molar-refractivity contribution in [3.63, 3.8) is 0 Å². The van der Waals surface area contributed by atoms with Crippen LogP contribution in [-0.4, -0.2) is 18.2 Å². The maximum Gasteiger partial charge on any atom is 0.386 e. The molecule has 0 aliphatic rings. The summed E-state index contributed by atoms with van der Waals surface area (Å²) in [6, 6.07) is 0. The average molecular weight is 158 g/mol. The van der Waals surface area contributed by atoms with Crippen molar-refractivity contribution in [2.75, 3.05) is 7.11 Å². The van der Waals surface area contributed by atoms with Gasteiger partial charge in [-0.3, -0.25) is 4.63 Å². The Balaban J connectivity index is 3.10. The van der Waals surface area contributed by atoms with Gasteiger partial charge in [-0.15, -0.1) is 0 Å². The van der Waals surface area contributed by atoms with Crippen LogP contribution in [0.1, 0.15) is 16.2 Å². The SMILES string of the molecule is COC(=O)c1c(C)no[n+]1[O-]. The van der Waals surface area contributed by atoms with Crippen LogP contribution in [0.15, 0.2) is 4.63 Å². The first-order valence-electron chi connectivity index (χ1n) is 2.81. The highest BCUT2D eigenvalue weighted by Gasteiger charge is 2.23. The Bertz CT molecular complexity index is 261. The summed E-state index contributed by atoms with van der Waals surface area (Å²) in [4.78, 5) is 10.8. The topological polar surface area (TPSA) is 79.3 Å². The van der Waals surface area contributed by atoms with Gasteiger partial charge in [0.15, 0.2) is 0 Å². The van der Waals surface area contributed by atoms with Gasteiger partial charge in [0.2, 0.25) is 5.69 Å². The van der Waals surface area contributed by atoms with Crippen LogP contribution < -0.4 is 4.90 Å². The van der Waals surface area contributed by atoms with Crippen molar-refractivity contribution in [2.45, 2.75) is 6.92 Å². The van der Waals surface area contributed by atoms with Gasteiger partial charge in [-0.1, -0.05) is 0 Å². The van der Waals surface area contributed by atoms with Gasteiger partial charge in [-0.25, -0.2) is 4.79 Å². The molecule has 0 amide bonds. The van der Waals surface area contributed by atoms with Crippen LogP contribution in [0.3, 0.4) is 0 Å². The number of carbonyl (C=O) groups is 1. The van der Waals surface area contributed by atoms with E-state index >= 15 is 0 Å². The predicted octanol–water partition coefficient (Wildman–Crippen LogP) is -0.597. The predicted molar refractivity (Wildman–Crippen MR) is 31.5 cm³/mol. The van der Waals surface area contributed by atoms with Gasteiger partial charge in [0, 0.05) is 12.1 Å². The van der Waals surface area contributed by atoms with Crippen LogP contribution in [0.5, 0.6) is 0 Å². The average Bonchev–Trinajstić information content (AvgIpc) is 2.30. The van der Waals surface area contributed by atoms with Crippen molar-refractivity contribution in [2.24, 2.45) is 0 Å². The molecule has 0 aliphatic carbocycles. The maximum absolute atomic E-state index is 10.8. The smallest absolute Gasteiger partial charge is 0.386 e. The highest BCUT2D eigenvalue weighted by molar-refractivity contribution is 5.86.